The van der Waals surface area contributed by atoms with Gasteiger partial charge in [0.25, 0.3) is 5.91 Å². The number of aromatic hydroxyl groups is 1. The summed E-state index contributed by atoms with van der Waals surface area (Å²) in [6, 6.07) is 6.86. The van der Waals surface area contributed by atoms with Crippen LogP contribution in [0.3, 0.4) is 0 Å². The summed E-state index contributed by atoms with van der Waals surface area (Å²) < 4.78 is 0. The van der Waals surface area contributed by atoms with Crippen LogP contribution in [-0.4, -0.2) is 56.6 Å². The molecule has 4 rings (SSSR count). The number of rotatable bonds is 5. The first-order valence-corrected chi connectivity index (χ1v) is 9.82. The van der Waals surface area contributed by atoms with Crippen molar-refractivity contribution in [1.82, 2.24) is 14.9 Å². The van der Waals surface area contributed by atoms with E-state index in [9.17, 15) is 19.8 Å². The molecule has 1 aliphatic heterocycles. The summed E-state index contributed by atoms with van der Waals surface area (Å²) in [7, 11) is 0. The summed E-state index contributed by atoms with van der Waals surface area (Å²) in [5.74, 6) is -0.644. The Morgan fingerprint density at radius 1 is 1.17 bits per heavy atom. The van der Waals surface area contributed by atoms with Crippen molar-refractivity contribution >= 4 is 34.3 Å². The number of benzene rings is 1. The zero-order chi connectivity index (χ0) is 20.5. The number of aromatic nitrogens is 2. The second-order valence-corrected chi connectivity index (χ2v) is 7.25. The van der Waals surface area contributed by atoms with Crippen molar-refractivity contribution in [2.45, 2.75) is 26.2 Å². The largest absolute Gasteiger partial charge is 0.504 e. The number of carbonyl (C=O) groups is 2. The van der Waals surface area contributed by atoms with Crippen LogP contribution in [0, 0.1) is 0 Å². The van der Waals surface area contributed by atoms with Gasteiger partial charge in [-0.1, -0.05) is 0 Å². The Labute approximate surface area is 167 Å². The van der Waals surface area contributed by atoms with Gasteiger partial charge >= 0.3 is 5.97 Å². The minimum Gasteiger partial charge on any atom is -0.504 e. The van der Waals surface area contributed by atoms with Gasteiger partial charge in [0.1, 0.15) is 5.69 Å². The number of nitrogens with one attached hydrogen (secondary N) is 2. The van der Waals surface area contributed by atoms with Crippen molar-refractivity contribution in [3.05, 3.63) is 41.7 Å². The molecule has 2 aromatic heterocycles. The molecule has 0 saturated carbocycles. The number of carboxylic acid groups (broad SMARTS) is 1. The molecule has 0 aliphatic carbocycles. The lowest BCUT2D eigenvalue weighted by molar-refractivity contribution is 0.0695. The van der Waals surface area contributed by atoms with Crippen LogP contribution in [0.1, 0.15) is 47.0 Å². The number of likely N-dealkylation sites (tertiary alicyclic amines) is 1. The van der Waals surface area contributed by atoms with Crippen LogP contribution in [0.4, 0.5) is 11.5 Å². The van der Waals surface area contributed by atoms with Gasteiger partial charge in [-0.05, 0) is 44.4 Å². The van der Waals surface area contributed by atoms with Crippen molar-refractivity contribution < 1.29 is 19.8 Å². The number of H-pyrrole nitrogens is 2. The monoisotopic (exact) mass is 396 g/mol. The maximum Gasteiger partial charge on any atom is 0.337 e. The number of fused-ring (bicyclic) bond motifs is 1. The maximum absolute atomic E-state index is 12.8. The highest BCUT2D eigenvalue weighted by Crippen LogP contribution is 2.35. The summed E-state index contributed by atoms with van der Waals surface area (Å²) in [4.78, 5) is 33.8. The fourth-order valence-electron chi connectivity index (χ4n) is 3.95. The fraction of sp³-hybridized carbons (Fsp3) is 0.333. The highest BCUT2D eigenvalue weighted by Gasteiger charge is 2.23. The van der Waals surface area contributed by atoms with Gasteiger partial charge in [-0.25, -0.2) is 4.79 Å². The average molecular weight is 396 g/mol. The molecular formula is C21H24N4O4. The van der Waals surface area contributed by atoms with Gasteiger partial charge in [0.15, 0.2) is 11.6 Å². The third-order valence-corrected chi connectivity index (χ3v) is 5.44. The molecule has 152 valence electrons. The van der Waals surface area contributed by atoms with Gasteiger partial charge in [-0.3, -0.25) is 4.79 Å². The molecule has 0 bridgehead atoms. The first kappa shape index (κ1) is 18.9. The van der Waals surface area contributed by atoms with E-state index in [-0.39, 0.29) is 17.2 Å². The number of carboxylic acids is 1. The summed E-state index contributed by atoms with van der Waals surface area (Å²) in [5.41, 5.74) is 2.04. The Balaban J connectivity index is 1.65. The number of nitrogens with zero attached hydrogens (tertiary/aromatic N) is 2. The maximum atomic E-state index is 12.8. The molecule has 3 aromatic rings. The number of hydrogen-bond donors (Lipinski definition) is 4. The van der Waals surface area contributed by atoms with Gasteiger partial charge in [0.05, 0.1) is 5.56 Å². The molecular weight excluding hydrogens is 372 g/mol. The van der Waals surface area contributed by atoms with E-state index in [1.165, 1.54) is 12.3 Å². The van der Waals surface area contributed by atoms with Crippen molar-refractivity contribution in [3.63, 3.8) is 0 Å². The van der Waals surface area contributed by atoms with E-state index < -0.39 is 5.97 Å². The SMILES string of the molecule is CCN(c1ccc2c(C(=O)O)c[nH]c2c1)c1[nH]c(C(=O)N2CCCCC2)cc1O. The highest BCUT2D eigenvalue weighted by atomic mass is 16.4. The molecule has 1 saturated heterocycles. The van der Waals surface area contributed by atoms with Crippen LogP contribution in [0.5, 0.6) is 5.75 Å². The van der Waals surface area contributed by atoms with E-state index in [1.54, 1.807) is 12.1 Å². The lowest BCUT2D eigenvalue weighted by Gasteiger charge is -2.26. The normalized spacial score (nSPS) is 14.3. The van der Waals surface area contributed by atoms with Gasteiger partial charge < -0.3 is 30.0 Å². The first-order chi connectivity index (χ1) is 14.0. The predicted octanol–water partition coefficient (Wildman–Crippen LogP) is 3.68. The minimum absolute atomic E-state index is 0.00465. The summed E-state index contributed by atoms with van der Waals surface area (Å²) in [6.07, 6.45) is 4.61. The Morgan fingerprint density at radius 2 is 1.93 bits per heavy atom. The third-order valence-electron chi connectivity index (χ3n) is 5.44. The molecule has 1 aromatic carbocycles. The smallest absolute Gasteiger partial charge is 0.337 e. The average Bonchev–Trinajstić information content (AvgIpc) is 3.32. The number of anilines is 2. The topological polar surface area (TPSA) is 113 Å². The van der Waals surface area contributed by atoms with Crippen LogP contribution in [0.15, 0.2) is 30.5 Å². The summed E-state index contributed by atoms with van der Waals surface area (Å²) in [6.45, 7) is 3.96. The van der Waals surface area contributed by atoms with Crippen molar-refractivity contribution in [2.75, 3.05) is 24.5 Å². The lowest BCUT2D eigenvalue weighted by Crippen LogP contribution is -2.35. The Bertz CT molecular complexity index is 1060. The molecule has 0 unspecified atom stereocenters. The number of aromatic carboxylic acids is 1. The Hall–Kier alpha value is -3.42. The minimum atomic E-state index is -0.987. The van der Waals surface area contributed by atoms with Crippen molar-refractivity contribution in [1.29, 1.82) is 0 Å². The molecule has 3 heterocycles. The van der Waals surface area contributed by atoms with Gasteiger partial charge in [-0.15, -0.1) is 0 Å². The highest BCUT2D eigenvalue weighted by molar-refractivity contribution is 6.04. The van der Waals surface area contributed by atoms with Gasteiger partial charge in [0, 0.05) is 48.5 Å². The van der Waals surface area contributed by atoms with Crippen LogP contribution in [-0.2, 0) is 0 Å². The molecule has 1 aliphatic rings. The van der Waals surface area contributed by atoms with Crippen LogP contribution >= 0.6 is 0 Å². The molecule has 0 radical (unpaired) electrons. The van der Waals surface area contributed by atoms with Crippen molar-refractivity contribution in [2.24, 2.45) is 0 Å². The fourth-order valence-corrected chi connectivity index (χ4v) is 3.95. The van der Waals surface area contributed by atoms with E-state index in [0.717, 1.165) is 38.0 Å². The number of hydrogen-bond acceptors (Lipinski definition) is 4. The van der Waals surface area contributed by atoms with E-state index in [0.29, 0.717) is 29.0 Å². The Morgan fingerprint density at radius 3 is 2.62 bits per heavy atom. The molecule has 1 fully saturated rings. The second kappa shape index (κ2) is 7.54. The Kier molecular flexibility index (Phi) is 4.92. The molecule has 8 heteroatoms. The first-order valence-electron chi connectivity index (χ1n) is 9.82. The number of carbonyl (C=O) groups excluding carboxylic acids is 1. The van der Waals surface area contributed by atoms with E-state index in [1.807, 2.05) is 22.8 Å². The third kappa shape index (κ3) is 3.41. The van der Waals surface area contributed by atoms with E-state index in [2.05, 4.69) is 9.97 Å². The molecule has 1 amide bonds. The lowest BCUT2D eigenvalue weighted by atomic mass is 10.1. The number of aromatic amines is 2. The van der Waals surface area contributed by atoms with Crippen LogP contribution in [0.25, 0.3) is 10.9 Å². The second-order valence-electron chi connectivity index (χ2n) is 7.25. The van der Waals surface area contributed by atoms with Crippen molar-refractivity contribution in [3.8, 4) is 5.75 Å². The standard InChI is InChI=1S/C21H24N4O4/c1-2-25(13-6-7-14-15(21(28)29)12-22-16(14)10-13)19-18(26)11-17(23-19)20(27)24-8-4-3-5-9-24/h6-7,10-12,22-23,26H,2-5,8-9H2,1H3,(H,28,29). The summed E-state index contributed by atoms with van der Waals surface area (Å²) >= 11 is 0. The zero-order valence-electron chi connectivity index (χ0n) is 16.2. The van der Waals surface area contributed by atoms with E-state index in [4.69, 9.17) is 0 Å². The summed E-state index contributed by atoms with van der Waals surface area (Å²) in [5, 5.41) is 20.4. The molecule has 4 N–H and O–H groups in total. The molecule has 0 atom stereocenters. The van der Waals surface area contributed by atoms with Crippen LogP contribution < -0.4 is 4.90 Å². The van der Waals surface area contributed by atoms with Gasteiger partial charge in [-0.2, -0.15) is 0 Å². The van der Waals surface area contributed by atoms with E-state index >= 15 is 0 Å². The van der Waals surface area contributed by atoms with Gasteiger partial charge in [0.2, 0.25) is 0 Å². The van der Waals surface area contributed by atoms with Crippen LogP contribution in [0.2, 0.25) is 0 Å². The zero-order valence-corrected chi connectivity index (χ0v) is 16.2. The molecule has 29 heavy (non-hydrogen) atoms. The number of piperidine rings is 1. The predicted molar refractivity (Wildman–Crippen MR) is 110 cm³/mol. The molecule has 0 spiro atoms. The molecule has 8 nitrogen and oxygen atoms in total. The number of amides is 1. The quantitative estimate of drug-likeness (QED) is 0.525.